The van der Waals surface area contributed by atoms with Gasteiger partial charge in [-0.3, -0.25) is 0 Å². The summed E-state index contributed by atoms with van der Waals surface area (Å²) in [7, 11) is 0. The second kappa shape index (κ2) is 18.1. The van der Waals surface area contributed by atoms with Crippen LogP contribution in [0.4, 0.5) is 0 Å². The van der Waals surface area contributed by atoms with Crippen molar-refractivity contribution in [3.05, 3.63) is 179 Å². The summed E-state index contributed by atoms with van der Waals surface area (Å²) in [4.78, 5) is 67.2. The number of benzene rings is 5. The molecule has 11 heteroatoms. The standard InChI is InChI=1S/C41H31NO10/c42-26-33(49-38(44)29-18-8-2-9-19-29)35(51-40(46)31-22-12-4-13-23-31)36(52-41(47)32-24-14-5-15-25-32)34(50-39(45)30-20-10-3-11-21-30)27-48-37(43)28-16-6-1-7-17-28/h1-25,33-36H,27H2/t33-,34-,35-,36+/m1/s1. The third kappa shape index (κ3) is 9.77. The van der Waals surface area contributed by atoms with Gasteiger partial charge in [0.2, 0.25) is 6.10 Å². The first-order chi connectivity index (χ1) is 25.3. The quantitative estimate of drug-likeness (QED) is 0.0952. The fraction of sp³-hybridized carbons (Fsp3) is 0.122. The van der Waals surface area contributed by atoms with Crippen molar-refractivity contribution in [1.29, 1.82) is 5.26 Å². The Bertz CT molecular complexity index is 2000. The molecule has 0 N–H and O–H groups in total. The Morgan fingerprint density at radius 2 is 0.731 bits per heavy atom. The summed E-state index contributed by atoms with van der Waals surface area (Å²) in [6, 6.07) is 40.7. The van der Waals surface area contributed by atoms with Gasteiger partial charge in [-0.1, -0.05) is 91.0 Å². The Balaban J connectivity index is 1.60. The highest BCUT2D eigenvalue weighted by Crippen LogP contribution is 2.24. The third-order valence-corrected chi connectivity index (χ3v) is 7.52. The van der Waals surface area contributed by atoms with Crippen LogP contribution in [0.2, 0.25) is 0 Å². The maximum absolute atomic E-state index is 13.7. The molecule has 0 fully saturated rings. The van der Waals surface area contributed by atoms with Crippen LogP contribution in [0.5, 0.6) is 0 Å². The fourth-order valence-corrected chi connectivity index (χ4v) is 4.90. The molecule has 5 aromatic carbocycles. The first-order valence-electron chi connectivity index (χ1n) is 16.0. The lowest BCUT2D eigenvalue weighted by Gasteiger charge is -2.34. The molecule has 0 spiro atoms. The summed E-state index contributed by atoms with van der Waals surface area (Å²) >= 11 is 0. The van der Waals surface area contributed by atoms with E-state index in [1.165, 1.54) is 60.7 Å². The topological polar surface area (TPSA) is 155 Å². The van der Waals surface area contributed by atoms with Crippen LogP contribution in [0.15, 0.2) is 152 Å². The minimum Gasteiger partial charge on any atom is -0.458 e. The molecule has 5 aromatic rings. The number of hydrogen-bond donors (Lipinski definition) is 0. The SMILES string of the molecule is N#C[C@@H](OC(=O)c1ccccc1)[C@@H](OC(=O)c1ccccc1)[C@@H](OC(=O)c1ccccc1)[C@@H](COC(=O)c1ccccc1)OC(=O)c1ccccc1. The van der Waals surface area contributed by atoms with E-state index in [1.54, 1.807) is 91.0 Å². The van der Waals surface area contributed by atoms with Crippen molar-refractivity contribution in [3.63, 3.8) is 0 Å². The predicted octanol–water partition coefficient (Wildman–Crippen LogP) is 6.27. The van der Waals surface area contributed by atoms with Crippen molar-refractivity contribution < 1.29 is 47.7 Å². The van der Waals surface area contributed by atoms with Crippen LogP contribution in [0.25, 0.3) is 0 Å². The number of nitrogens with zero attached hydrogens (tertiary/aromatic N) is 1. The zero-order valence-electron chi connectivity index (χ0n) is 27.5. The maximum Gasteiger partial charge on any atom is 0.339 e. The van der Waals surface area contributed by atoms with Crippen LogP contribution in [0.3, 0.4) is 0 Å². The Hall–Kier alpha value is -7.06. The monoisotopic (exact) mass is 697 g/mol. The first kappa shape index (κ1) is 36.2. The van der Waals surface area contributed by atoms with Crippen molar-refractivity contribution in [2.45, 2.75) is 24.4 Å². The van der Waals surface area contributed by atoms with Gasteiger partial charge >= 0.3 is 29.8 Å². The van der Waals surface area contributed by atoms with Crippen LogP contribution in [-0.4, -0.2) is 60.9 Å². The minimum absolute atomic E-state index is 0.0417. The summed E-state index contributed by atoms with van der Waals surface area (Å²) in [5.74, 6) is -4.68. The molecule has 260 valence electrons. The van der Waals surface area contributed by atoms with Crippen LogP contribution >= 0.6 is 0 Å². The van der Waals surface area contributed by atoms with Gasteiger partial charge < -0.3 is 23.7 Å². The molecule has 0 aliphatic carbocycles. The second-order valence-corrected chi connectivity index (χ2v) is 11.1. The fourth-order valence-electron chi connectivity index (χ4n) is 4.90. The third-order valence-electron chi connectivity index (χ3n) is 7.52. The lowest BCUT2D eigenvalue weighted by atomic mass is 10.0. The highest BCUT2D eigenvalue weighted by Gasteiger charge is 2.46. The smallest absolute Gasteiger partial charge is 0.339 e. The van der Waals surface area contributed by atoms with Gasteiger partial charge in [0, 0.05) is 0 Å². The molecule has 0 bridgehead atoms. The molecule has 11 nitrogen and oxygen atoms in total. The number of carbonyl (C=O) groups excluding carboxylic acids is 5. The molecular weight excluding hydrogens is 666 g/mol. The zero-order valence-corrected chi connectivity index (χ0v) is 27.5. The van der Waals surface area contributed by atoms with Gasteiger partial charge in [0.15, 0.2) is 18.3 Å². The van der Waals surface area contributed by atoms with Crippen molar-refractivity contribution in [2.24, 2.45) is 0 Å². The summed E-state index contributed by atoms with van der Waals surface area (Å²) in [5, 5.41) is 10.4. The average molecular weight is 698 g/mol. The Kier molecular flexibility index (Phi) is 12.6. The van der Waals surface area contributed by atoms with Crippen LogP contribution in [-0.2, 0) is 23.7 Å². The molecule has 0 unspecified atom stereocenters. The van der Waals surface area contributed by atoms with E-state index in [0.717, 1.165) is 0 Å². The number of ether oxygens (including phenoxy) is 5. The predicted molar refractivity (Wildman–Crippen MR) is 185 cm³/mol. The minimum atomic E-state index is -1.95. The molecule has 0 saturated carbocycles. The molecule has 0 radical (unpaired) electrons. The summed E-state index contributed by atoms with van der Waals surface area (Å²) in [6.07, 6.45) is -7.52. The number of hydrogen-bond acceptors (Lipinski definition) is 11. The first-order valence-corrected chi connectivity index (χ1v) is 16.0. The highest BCUT2D eigenvalue weighted by atomic mass is 16.6. The molecule has 4 atom stereocenters. The lowest BCUT2D eigenvalue weighted by Crippen LogP contribution is -2.53. The van der Waals surface area contributed by atoms with Crippen molar-refractivity contribution in [2.75, 3.05) is 6.61 Å². The average Bonchev–Trinajstić information content (AvgIpc) is 3.21. The molecule has 5 rings (SSSR count). The van der Waals surface area contributed by atoms with Gasteiger partial charge in [0.1, 0.15) is 12.7 Å². The van der Waals surface area contributed by atoms with E-state index in [-0.39, 0.29) is 27.8 Å². The number of nitriles is 1. The molecular formula is C41H31NO10. The maximum atomic E-state index is 13.7. The second-order valence-electron chi connectivity index (χ2n) is 11.1. The van der Waals surface area contributed by atoms with Crippen molar-refractivity contribution >= 4 is 29.8 Å². The van der Waals surface area contributed by atoms with E-state index < -0.39 is 60.9 Å². The van der Waals surface area contributed by atoms with Gasteiger partial charge in [-0.2, -0.15) is 5.26 Å². The summed E-state index contributed by atoms with van der Waals surface area (Å²) in [5.41, 5.74) is 0.398. The van der Waals surface area contributed by atoms with E-state index >= 15 is 0 Å². The van der Waals surface area contributed by atoms with Gasteiger partial charge in [-0.15, -0.1) is 0 Å². The van der Waals surface area contributed by atoms with Gasteiger partial charge in [0.25, 0.3) is 0 Å². The van der Waals surface area contributed by atoms with Gasteiger partial charge in [0.05, 0.1) is 27.8 Å². The molecule has 0 aromatic heterocycles. The number of rotatable bonds is 14. The van der Waals surface area contributed by atoms with E-state index in [0.29, 0.717) is 0 Å². The zero-order chi connectivity index (χ0) is 36.7. The largest absolute Gasteiger partial charge is 0.458 e. The van der Waals surface area contributed by atoms with Crippen LogP contribution < -0.4 is 0 Å². The lowest BCUT2D eigenvalue weighted by molar-refractivity contribution is -0.122. The molecule has 52 heavy (non-hydrogen) atoms. The highest BCUT2D eigenvalue weighted by molar-refractivity contribution is 5.92. The molecule has 0 saturated heterocycles. The van der Waals surface area contributed by atoms with Gasteiger partial charge in [-0.05, 0) is 60.7 Å². The van der Waals surface area contributed by atoms with Gasteiger partial charge in [-0.25, -0.2) is 24.0 Å². The molecule has 0 aliphatic rings. The molecule has 0 aliphatic heterocycles. The van der Waals surface area contributed by atoms with Crippen molar-refractivity contribution in [1.82, 2.24) is 0 Å². The summed E-state index contributed by atoms with van der Waals surface area (Å²) in [6.45, 7) is -0.747. The summed E-state index contributed by atoms with van der Waals surface area (Å²) < 4.78 is 28.7. The van der Waals surface area contributed by atoms with Crippen molar-refractivity contribution in [3.8, 4) is 6.07 Å². The number of carbonyl (C=O) groups is 5. The Morgan fingerprint density at radius 1 is 0.423 bits per heavy atom. The van der Waals surface area contributed by atoms with E-state index in [2.05, 4.69) is 0 Å². The number of esters is 5. The van der Waals surface area contributed by atoms with E-state index in [9.17, 15) is 29.2 Å². The van der Waals surface area contributed by atoms with E-state index in [4.69, 9.17) is 23.7 Å². The van der Waals surface area contributed by atoms with E-state index in [1.807, 2.05) is 6.07 Å². The molecule has 0 heterocycles. The normalized spacial score (nSPS) is 12.8. The molecule has 0 amide bonds. The van der Waals surface area contributed by atoms with Crippen LogP contribution in [0, 0.1) is 11.3 Å². The Labute approximate surface area is 298 Å². The Morgan fingerprint density at radius 3 is 1.10 bits per heavy atom. The van der Waals surface area contributed by atoms with Crippen LogP contribution in [0.1, 0.15) is 51.8 Å².